The van der Waals surface area contributed by atoms with Gasteiger partial charge in [0.2, 0.25) is 11.8 Å². The van der Waals surface area contributed by atoms with E-state index < -0.39 is 0 Å². The first kappa shape index (κ1) is 17.4. The van der Waals surface area contributed by atoms with Crippen molar-refractivity contribution in [1.82, 2.24) is 10.6 Å². The lowest BCUT2D eigenvalue weighted by molar-refractivity contribution is -0.122. The van der Waals surface area contributed by atoms with Gasteiger partial charge in [-0.2, -0.15) is 0 Å². The van der Waals surface area contributed by atoms with Crippen LogP contribution in [0.1, 0.15) is 19.4 Å². The summed E-state index contributed by atoms with van der Waals surface area (Å²) in [5.41, 5.74) is 1.80. The minimum atomic E-state index is -0.228. The molecule has 106 valence electrons. The van der Waals surface area contributed by atoms with Gasteiger partial charge in [-0.05, 0) is 18.2 Å². The van der Waals surface area contributed by atoms with Gasteiger partial charge < -0.3 is 16.0 Å². The van der Waals surface area contributed by atoms with Gasteiger partial charge in [0, 0.05) is 19.2 Å². The van der Waals surface area contributed by atoms with Crippen molar-refractivity contribution in [2.24, 2.45) is 0 Å². The average molecular weight is 286 g/mol. The van der Waals surface area contributed by atoms with E-state index >= 15 is 0 Å². The molecule has 19 heavy (non-hydrogen) atoms. The molecule has 0 fully saturated rings. The Morgan fingerprint density at radius 2 is 1.89 bits per heavy atom. The molecule has 0 bridgehead atoms. The molecule has 0 unspecified atom stereocenters. The van der Waals surface area contributed by atoms with Crippen molar-refractivity contribution in [2.75, 3.05) is 18.4 Å². The highest BCUT2D eigenvalue weighted by atomic mass is 35.5. The van der Waals surface area contributed by atoms with E-state index in [-0.39, 0.29) is 30.8 Å². The van der Waals surface area contributed by atoms with Gasteiger partial charge in [-0.15, -0.1) is 12.4 Å². The van der Waals surface area contributed by atoms with Crippen molar-refractivity contribution in [3.63, 3.8) is 0 Å². The summed E-state index contributed by atoms with van der Waals surface area (Å²) in [4.78, 5) is 22.3. The lowest BCUT2D eigenvalue weighted by atomic mass is 10.1. The zero-order chi connectivity index (χ0) is 13.4. The third-order valence-corrected chi connectivity index (χ3v) is 2.35. The second kappa shape index (κ2) is 9.35. The second-order valence-corrected chi connectivity index (χ2v) is 3.90. The normalized spacial score (nSPS) is 9.37. The number of rotatable bonds is 6. The summed E-state index contributed by atoms with van der Waals surface area (Å²) in [6.07, 6.45) is 0. The number of hydrogen-bond donors (Lipinski definition) is 3. The lowest BCUT2D eigenvalue weighted by Crippen LogP contribution is -2.31. The van der Waals surface area contributed by atoms with Crippen LogP contribution >= 0.6 is 12.4 Å². The highest BCUT2D eigenvalue weighted by Crippen LogP contribution is 2.14. The van der Waals surface area contributed by atoms with Crippen molar-refractivity contribution in [3.8, 4) is 0 Å². The van der Waals surface area contributed by atoms with Crippen LogP contribution in [0.3, 0.4) is 0 Å². The lowest BCUT2D eigenvalue weighted by Gasteiger charge is -2.11. The topological polar surface area (TPSA) is 70.2 Å². The molecule has 0 aromatic heterocycles. The summed E-state index contributed by atoms with van der Waals surface area (Å²) in [5.74, 6) is -0.444. The SMILES string of the molecule is CCNCc1ccccc1NC(=O)CNC(C)=O.Cl. The van der Waals surface area contributed by atoms with Crippen LogP contribution in [0, 0.1) is 0 Å². The number of halogens is 1. The smallest absolute Gasteiger partial charge is 0.243 e. The van der Waals surface area contributed by atoms with Crippen LogP contribution < -0.4 is 16.0 Å². The van der Waals surface area contributed by atoms with Gasteiger partial charge in [-0.25, -0.2) is 0 Å². The van der Waals surface area contributed by atoms with Crippen LogP contribution in [0.2, 0.25) is 0 Å². The van der Waals surface area contributed by atoms with E-state index in [0.29, 0.717) is 6.54 Å². The molecule has 0 saturated carbocycles. The third kappa shape index (κ3) is 6.79. The zero-order valence-corrected chi connectivity index (χ0v) is 12.0. The molecule has 0 aliphatic carbocycles. The van der Waals surface area contributed by atoms with Crippen LogP contribution in [0.15, 0.2) is 24.3 Å². The van der Waals surface area contributed by atoms with Gasteiger partial charge in [0.05, 0.1) is 6.54 Å². The quantitative estimate of drug-likeness (QED) is 0.738. The highest BCUT2D eigenvalue weighted by Gasteiger charge is 2.06. The van der Waals surface area contributed by atoms with Crippen molar-refractivity contribution in [2.45, 2.75) is 20.4 Å². The Labute approximate surface area is 119 Å². The molecule has 0 saturated heterocycles. The molecular formula is C13H20ClN3O2. The number of benzene rings is 1. The molecule has 0 aliphatic heterocycles. The maximum Gasteiger partial charge on any atom is 0.243 e. The molecule has 0 radical (unpaired) electrons. The summed E-state index contributed by atoms with van der Waals surface area (Å²) in [5, 5.41) is 8.45. The maximum absolute atomic E-state index is 11.6. The van der Waals surface area contributed by atoms with E-state index in [0.717, 1.165) is 17.8 Å². The molecule has 1 aromatic rings. The first-order valence-corrected chi connectivity index (χ1v) is 5.96. The molecule has 3 N–H and O–H groups in total. The minimum absolute atomic E-state index is 0. The molecule has 1 rings (SSSR count). The first-order chi connectivity index (χ1) is 8.63. The van der Waals surface area contributed by atoms with Crippen LogP contribution in [-0.4, -0.2) is 24.9 Å². The van der Waals surface area contributed by atoms with Gasteiger partial charge in [0.1, 0.15) is 0 Å². The fraction of sp³-hybridized carbons (Fsp3) is 0.385. The van der Waals surface area contributed by atoms with E-state index in [9.17, 15) is 9.59 Å². The Kier molecular flexibility index (Phi) is 8.57. The molecule has 2 amide bonds. The third-order valence-electron chi connectivity index (χ3n) is 2.35. The number of anilines is 1. The average Bonchev–Trinajstić information content (AvgIpc) is 2.35. The maximum atomic E-state index is 11.6. The predicted molar refractivity (Wildman–Crippen MR) is 78.4 cm³/mol. The van der Waals surface area contributed by atoms with Crippen LogP contribution in [0.4, 0.5) is 5.69 Å². The van der Waals surface area contributed by atoms with E-state index in [1.165, 1.54) is 6.92 Å². The summed E-state index contributed by atoms with van der Waals surface area (Å²) < 4.78 is 0. The zero-order valence-electron chi connectivity index (χ0n) is 11.2. The Morgan fingerprint density at radius 1 is 1.21 bits per heavy atom. The largest absolute Gasteiger partial charge is 0.347 e. The van der Waals surface area contributed by atoms with Crippen molar-refractivity contribution in [3.05, 3.63) is 29.8 Å². The Morgan fingerprint density at radius 3 is 2.53 bits per heavy atom. The molecular weight excluding hydrogens is 266 g/mol. The van der Waals surface area contributed by atoms with Crippen LogP contribution in [0.5, 0.6) is 0 Å². The van der Waals surface area contributed by atoms with E-state index in [1.807, 2.05) is 31.2 Å². The fourth-order valence-corrected chi connectivity index (χ4v) is 1.46. The van der Waals surface area contributed by atoms with Crippen LogP contribution in [0.25, 0.3) is 0 Å². The minimum Gasteiger partial charge on any atom is -0.347 e. The molecule has 0 aliphatic rings. The summed E-state index contributed by atoms with van der Waals surface area (Å²) in [6.45, 7) is 4.97. The number of amides is 2. The van der Waals surface area contributed by atoms with Gasteiger partial charge in [0.25, 0.3) is 0 Å². The van der Waals surface area contributed by atoms with Gasteiger partial charge in [0.15, 0.2) is 0 Å². The van der Waals surface area contributed by atoms with E-state index in [4.69, 9.17) is 0 Å². The molecule has 1 aromatic carbocycles. The predicted octanol–water partition coefficient (Wildman–Crippen LogP) is 1.29. The Bertz CT molecular complexity index is 424. The number of para-hydroxylation sites is 1. The molecule has 0 heterocycles. The van der Waals surface area contributed by atoms with Crippen molar-refractivity contribution >= 4 is 29.9 Å². The number of nitrogens with one attached hydrogen (secondary N) is 3. The summed E-state index contributed by atoms with van der Waals surface area (Å²) >= 11 is 0. The van der Waals surface area contributed by atoms with Crippen molar-refractivity contribution in [1.29, 1.82) is 0 Å². The summed E-state index contributed by atoms with van der Waals surface area (Å²) in [6, 6.07) is 7.59. The Hall–Kier alpha value is -1.59. The van der Waals surface area contributed by atoms with E-state index in [1.54, 1.807) is 0 Å². The van der Waals surface area contributed by atoms with Crippen LogP contribution in [-0.2, 0) is 16.1 Å². The second-order valence-electron chi connectivity index (χ2n) is 3.90. The number of carbonyl (C=O) groups excluding carboxylic acids is 2. The first-order valence-electron chi connectivity index (χ1n) is 5.96. The van der Waals surface area contributed by atoms with Crippen molar-refractivity contribution < 1.29 is 9.59 Å². The molecule has 6 heteroatoms. The molecule has 5 nitrogen and oxygen atoms in total. The fourth-order valence-electron chi connectivity index (χ4n) is 1.46. The highest BCUT2D eigenvalue weighted by molar-refractivity contribution is 5.94. The Balaban J connectivity index is 0.00000324. The van der Waals surface area contributed by atoms with Gasteiger partial charge in [-0.3, -0.25) is 9.59 Å². The molecule has 0 atom stereocenters. The van der Waals surface area contributed by atoms with Gasteiger partial charge >= 0.3 is 0 Å². The van der Waals surface area contributed by atoms with Gasteiger partial charge in [-0.1, -0.05) is 25.1 Å². The molecule has 0 spiro atoms. The monoisotopic (exact) mass is 285 g/mol. The standard InChI is InChI=1S/C13H19N3O2.ClH/c1-3-14-8-11-6-4-5-7-12(11)16-13(18)9-15-10(2)17;/h4-7,14H,3,8-9H2,1-2H3,(H,15,17)(H,16,18);1H. The number of carbonyl (C=O) groups is 2. The number of hydrogen-bond acceptors (Lipinski definition) is 3. The summed E-state index contributed by atoms with van der Waals surface area (Å²) in [7, 11) is 0. The van der Waals surface area contributed by atoms with E-state index in [2.05, 4.69) is 16.0 Å².